The van der Waals surface area contributed by atoms with Crippen molar-refractivity contribution in [2.45, 2.75) is 25.7 Å². The van der Waals surface area contributed by atoms with E-state index in [0.29, 0.717) is 22.0 Å². The Morgan fingerprint density at radius 1 is 1.00 bits per heavy atom. The summed E-state index contributed by atoms with van der Waals surface area (Å²) in [6.45, 7) is 5.36. The summed E-state index contributed by atoms with van der Waals surface area (Å²) in [6, 6.07) is 8.41. The average molecular weight is 340 g/mol. The highest BCUT2D eigenvalue weighted by Crippen LogP contribution is 2.28. The third kappa shape index (κ3) is 3.36. The Hall–Kier alpha value is -1.72. The predicted octanol–water partition coefficient (Wildman–Crippen LogP) is 4.07. The molecule has 0 aliphatic rings. The molecule has 0 unspecified atom stereocenters. The average Bonchev–Trinajstić information content (AvgIpc) is 2.44. The lowest BCUT2D eigenvalue weighted by atomic mass is 10.1. The van der Waals surface area contributed by atoms with Crippen molar-refractivity contribution >= 4 is 27.3 Å². The number of hydrogen-bond acceptors (Lipinski definition) is 3. The van der Waals surface area contributed by atoms with Crippen LogP contribution in [0, 0.1) is 20.8 Å². The number of hydrogen-bond donors (Lipinski definition) is 1. The van der Waals surface area contributed by atoms with Crippen LogP contribution >= 0.6 is 11.6 Å². The Morgan fingerprint density at radius 2 is 1.68 bits per heavy atom. The molecule has 0 atom stereocenters. The molecule has 4 nitrogen and oxygen atoms in total. The lowest BCUT2D eigenvalue weighted by Crippen LogP contribution is -2.15. The molecule has 0 amide bonds. The van der Waals surface area contributed by atoms with Crippen molar-refractivity contribution in [1.82, 2.24) is 0 Å². The molecule has 2 aromatic rings. The van der Waals surface area contributed by atoms with Crippen molar-refractivity contribution in [3.63, 3.8) is 0 Å². The van der Waals surface area contributed by atoms with E-state index in [1.807, 2.05) is 13.8 Å². The fourth-order valence-corrected chi connectivity index (χ4v) is 3.78. The van der Waals surface area contributed by atoms with Gasteiger partial charge in [-0.3, -0.25) is 4.72 Å². The summed E-state index contributed by atoms with van der Waals surface area (Å²) in [4.78, 5) is 0.227. The molecule has 0 aliphatic carbocycles. The van der Waals surface area contributed by atoms with Gasteiger partial charge in [0.15, 0.2) is 0 Å². The molecule has 0 aliphatic heterocycles. The lowest BCUT2D eigenvalue weighted by Gasteiger charge is -2.14. The van der Waals surface area contributed by atoms with Crippen LogP contribution in [0.2, 0.25) is 5.02 Å². The fraction of sp³-hybridized carbons (Fsp3) is 0.250. The van der Waals surface area contributed by atoms with E-state index in [0.717, 1.165) is 11.1 Å². The van der Waals surface area contributed by atoms with E-state index in [9.17, 15) is 8.42 Å². The lowest BCUT2D eigenvalue weighted by molar-refractivity contribution is 0.411. The van der Waals surface area contributed by atoms with Crippen molar-refractivity contribution < 1.29 is 13.2 Å². The molecule has 0 bridgehead atoms. The number of aryl methyl sites for hydroxylation is 3. The van der Waals surface area contributed by atoms with Crippen LogP contribution in [0.5, 0.6) is 5.75 Å². The highest BCUT2D eigenvalue weighted by Gasteiger charge is 2.19. The summed E-state index contributed by atoms with van der Waals surface area (Å²) in [6.07, 6.45) is 0. The number of anilines is 1. The maximum absolute atomic E-state index is 12.6. The van der Waals surface area contributed by atoms with Crippen molar-refractivity contribution in [3.05, 3.63) is 52.0 Å². The van der Waals surface area contributed by atoms with E-state index >= 15 is 0 Å². The molecule has 0 fully saturated rings. The fourth-order valence-electron chi connectivity index (χ4n) is 2.18. The van der Waals surface area contributed by atoms with Gasteiger partial charge in [-0.25, -0.2) is 8.42 Å². The molecule has 2 aromatic carbocycles. The first-order valence-corrected chi connectivity index (χ1v) is 8.55. The minimum atomic E-state index is -3.69. The Bertz CT molecular complexity index is 816. The molecule has 2 rings (SSSR count). The molecule has 0 heterocycles. The molecule has 118 valence electrons. The van der Waals surface area contributed by atoms with Gasteiger partial charge >= 0.3 is 0 Å². The van der Waals surface area contributed by atoms with Gasteiger partial charge in [-0.15, -0.1) is 0 Å². The third-order valence-corrected chi connectivity index (χ3v) is 5.17. The monoisotopic (exact) mass is 339 g/mol. The normalized spacial score (nSPS) is 11.3. The highest BCUT2D eigenvalue weighted by atomic mass is 35.5. The standard InChI is InChI=1S/C16H18ClNO3S/c1-10-5-6-13(17)9-14(10)18-22(19,20)16-8-11(2)15(21-4)7-12(16)3/h5-9,18H,1-4H3. The van der Waals surface area contributed by atoms with Crippen LogP contribution in [-0.2, 0) is 10.0 Å². The quantitative estimate of drug-likeness (QED) is 0.913. The Kier molecular flexibility index (Phi) is 4.68. The summed E-state index contributed by atoms with van der Waals surface area (Å²) in [5.41, 5.74) is 2.65. The first-order valence-electron chi connectivity index (χ1n) is 6.69. The molecule has 0 saturated heterocycles. The van der Waals surface area contributed by atoms with Crippen molar-refractivity contribution in [3.8, 4) is 5.75 Å². The maximum atomic E-state index is 12.6. The molecule has 0 aromatic heterocycles. The summed E-state index contributed by atoms with van der Waals surface area (Å²) in [5, 5.41) is 0.478. The van der Waals surface area contributed by atoms with Crippen LogP contribution in [-0.4, -0.2) is 15.5 Å². The van der Waals surface area contributed by atoms with E-state index < -0.39 is 10.0 Å². The second kappa shape index (κ2) is 6.18. The van der Waals surface area contributed by atoms with Crippen molar-refractivity contribution in [1.29, 1.82) is 0 Å². The number of rotatable bonds is 4. The molecular formula is C16H18ClNO3S. The third-order valence-electron chi connectivity index (χ3n) is 3.43. The Morgan fingerprint density at radius 3 is 2.32 bits per heavy atom. The van der Waals surface area contributed by atoms with E-state index in [4.69, 9.17) is 16.3 Å². The largest absolute Gasteiger partial charge is 0.496 e. The zero-order valence-electron chi connectivity index (χ0n) is 12.9. The van der Waals surface area contributed by atoms with Crippen LogP contribution in [0.3, 0.4) is 0 Å². The predicted molar refractivity (Wildman–Crippen MR) is 89.5 cm³/mol. The van der Waals surface area contributed by atoms with Gasteiger partial charge in [-0.05, 0) is 61.7 Å². The van der Waals surface area contributed by atoms with E-state index in [2.05, 4.69) is 4.72 Å². The van der Waals surface area contributed by atoms with Gasteiger partial charge in [-0.1, -0.05) is 17.7 Å². The molecule has 0 radical (unpaired) electrons. The van der Waals surface area contributed by atoms with Gasteiger partial charge in [-0.2, -0.15) is 0 Å². The van der Waals surface area contributed by atoms with Gasteiger partial charge in [0.05, 0.1) is 17.7 Å². The van der Waals surface area contributed by atoms with Crippen molar-refractivity contribution in [2.24, 2.45) is 0 Å². The van der Waals surface area contributed by atoms with Crippen LogP contribution < -0.4 is 9.46 Å². The van der Waals surface area contributed by atoms with Gasteiger partial charge < -0.3 is 4.74 Å². The SMILES string of the molecule is COc1cc(C)c(S(=O)(=O)Nc2cc(Cl)ccc2C)cc1C. The van der Waals surface area contributed by atoms with Gasteiger partial charge in [0, 0.05) is 5.02 Å². The summed E-state index contributed by atoms with van der Waals surface area (Å²) < 4.78 is 33.1. The summed E-state index contributed by atoms with van der Waals surface area (Å²) >= 11 is 5.94. The molecule has 1 N–H and O–H groups in total. The number of sulfonamides is 1. The first-order chi connectivity index (χ1) is 10.2. The van der Waals surface area contributed by atoms with E-state index in [-0.39, 0.29) is 4.90 Å². The first kappa shape index (κ1) is 16.6. The zero-order chi connectivity index (χ0) is 16.5. The molecule has 22 heavy (non-hydrogen) atoms. The minimum absolute atomic E-state index is 0.227. The Balaban J connectivity index is 2.47. The minimum Gasteiger partial charge on any atom is -0.496 e. The number of nitrogens with one attached hydrogen (secondary N) is 1. The van der Waals surface area contributed by atoms with Crippen LogP contribution in [0.25, 0.3) is 0 Å². The van der Waals surface area contributed by atoms with E-state index in [1.54, 1.807) is 44.4 Å². The number of ether oxygens (including phenoxy) is 1. The van der Waals surface area contributed by atoms with Gasteiger partial charge in [0.25, 0.3) is 10.0 Å². The number of benzene rings is 2. The molecule has 6 heteroatoms. The smallest absolute Gasteiger partial charge is 0.262 e. The summed E-state index contributed by atoms with van der Waals surface area (Å²) in [5.74, 6) is 0.662. The number of halogens is 1. The maximum Gasteiger partial charge on any atom is 0.262 e. The molecular weight excluding hydrogens is 322 g/mol. The summed E-state index contributed by atoms with van der Waals surface area (Å²) in [7, 11) is -2.14. The topological polar surface area (TPSA) is 55.4 Å². The zero-order valence-corrected chi connectivity index (χ0v) is 14.5. The molecule has 0 spiro atoms. The van der Waals surface area contributed by atoms with Crippen LogP contribution in [0.4, 0.5) is 5.69 Å². The second-order valence-corrected chi connectivity index (χ2v) is 7.24. The highest BCUT2D eigenvalue weighted by molar-refractivity contribution is 7.92. The van der Waals surface area contributed by atoms with Gasteiger partial charge in [0.1, 0.15) is 5.75 Å². The van der Waals surface area contributed by atoms with Crippen LogP contribution in [0.15, 0.2) is 35.2 Å². The van der Waals surface area contributed by atoms with Gasteiger partial charge in [0.2, 0.25) is 0 Å². The van der Waals surface area contributed by atoms with Crippen molar-refractivity contribution in [2.75, 3.05) is 11.8 Å². The van der Waals surface area contributed by atoms with E-state index in [1.165, 1.54) is 0 Å². The Labute approximate surface area is 136 Å². The molecule has 0 saturated carbocycles. The van der Waals surface area contributed by atoms with Crippen LogP contribution in [0.1, 0.15) is 16.7 Å². The second-order valence-electron chi connectivity index (χ2n) is 5.15. The number of methoxy groups -OCH3 is 1.